The molecule has 4 nitrogen and oxygen atoms in total. The highest BCUT2D eigenvalue weighted by atomic mass is 35.5. The summed E-state index contributed by atoms with van der Waals surface area (Å²) in [5.41, 5.74) is 1.89. The van der Waals surface area contributed by atoms with Gasteiger partial charge in [0.25, 0.3) is 5.91 Å². The van der Waals surface area contributed by atoms with Crippen LogP contribution in [0.4, 0.5) is 0 Å². The molecule has 1 N–H and O–H groups in total. The molecule has 2 fully saturated rings. The van der Waals surface area contributed by atoms with E-state index in [0.29, 0.717) is 34.4 Å². The molecule has 1 aromatic heterocycles. The van der Waals surface area contributed by atoms with Crippen LogP contribution in [-0.2, 0) is 4.79 Å². The predicted octanol–water partition coefficient (Wildman–Crippen LogP) is 4.98. The highest BCUT2D eigenvalue weighted by Gasteiger charge is 2.49. The number of likely N-dealkylation sites (tertiary alicyclic amines) is 1. The van der Waals surface area contributed by atoms with E-state index in [1.807, 2.05) is 36.4 Å². The van der Waals surface area contributed by atoms with Gasteiger partial charge < -0.3 is 10.2 Å². The van der Waals surface area contributed by atoms with Crippen LogP contribution in [0.5, 0.6) is 0 Å². The van der Waals surface area contributed by atoms with E-state index in [-0.39, 0.29) is 17.4 Å². The first-order chi connectivity index (χ1) is 13.4. The molecule has 2 amide bonds. The number of amides is 2. The van der Waals surface area contributed by atoms with Crippen LogP contribution >= 0.6 is 34.5 Å². The number of carbonyl (C=O) groups is 2. The van der Waals surface area contributed by atoms with Gasteiger partial charge in [-0.15, -0.1) is 11.3 Å². The SMILES string of the molecule is O=C1CCC2(CN(C(=O)c3sc4cc(-c5ccc(Cl)cc5)ccc4c3Cl)C2)N1. The van der Waals surface area contributed by atoms with Gasteiger partial charge >= 0.3 is 0 Å². The molecule has 142 valence electrons. The van der Waals surface area contributed by atoms with E-state index in [4.69, 9.17) is 23.2 Å². The highest BCUT2D eigenvalue weighted by Crippen LogP contribution is 2.40. The standard InChI is InChI=1S/C21H16Cl2N2O2S/c22-14-4-1-12(2-5-14)13-3-6-15-16(9-13)28-19(18(15)23)20(27)25-10-21(11-25)8-7-17(26)24-21/h1-6,9H,7-8,10-11H2,(H,24,26). The number of fused-ring (bicyclic) bond motifs is 1. The van der Waals surface area contributed by atoms with Gasteiger partial charge in [-0.25, -0.2) is 0 Å². The van der Waals surface area contributed by atoms with Crippen molar-refractivity contribution < 1.29 is 9.59 Å². The van der Waals surface area contributed by atoms with Crippen molar-refractivity contribution in [2.24, 2.45) is 0 Å². The summed E-state index contributed by atoms with van der Waals surface area (Å²) in [7, 11) is 0. The molecule has 0 unspecified atom stereocenters. The molecular weight excluding hydrogens is 415 g/mol. The maximum Gasteiger partial charge on any atom is 0.265 e. The molecule has 7 heteroatoms. The summed E-state index contributed by atoms with van der Waals surface area (Å²) >= 11 is 13.9. The molecule has 3 heterocycles. The molecular formula is C21H16Cl2N2O2S. The summed E-state index contributed by atoms with van der Waals surface area (Å²) in [5.74, 6) is 0.00717. The van der Waals surface area contributed by atoms with E-state index >= 15 is 0 Å². The summed E-state index contributed by atoms with van der Waals surface area (Å²) in [6, 6.07) is 13.7. The van der Waals surface area contributed by atoms with E-state index < -0.39 is 0 Å². The van der Waals surface area contributed by atoms with Crippen molar-refractivity contribution in [2.45, 2.75) is 18.4 Å². The highest BCUT2D eigenvalue weighted by molar-refractivity contribution is 7.21. The Labute approximate surface area is 176 Å². The minimum Gasteiger partial charge on any atom is -0.347 e. The van der Waals surface area contributed by atoms with Crippen molar-refractivity contribution in [2.75, 3.05) is 13.1 Å². The number of nitrogens with zero attached hydrogens (tertiary/aromatic N) is 1. The van der Waals surface area contributed by atoms with Gasteiger partial charge in [0.2, 0.25) is 5.91 Å². The van der Waals surface area contributed by atoms with Gasteiger partial charge in [-0.3, -0.25) is 9.59 Å². The number of benzene rings is 2. The lowest BCUT2D eigenvalue weighted by atomic mass is 9.88. The number of thiophene rings is 1. The lowest BCUT2D eigenvalue weighted by Crippen LogP contribution is -2.68. The average molecular weight is 431 g/mol. The fourth-order valence-electron chi connectivity index (χ4n) is 4.01. The van der Waals surface area contributed by atoms with Crippen molar-refractivity contribution in [3.63, 3.8) is 0 Å². The van der Waals surface area contributed by atoms with Gasteiger partial charge in [0, 0.05) is 34.6 Å². The number of nitrogens with one attached hydrogen (secondary N) is 1. The van der Waals surface area contributed by atoms with E-state index in [1.165, 1.54) is 11.3 Å². The zero-order valence-corrected chi connectivity index (χ0v) is 17.1. The monoisotopic (exact) mass is 430 g/mol. The number of rotatable bonds is 2. The van der Waals surface area contributed by atoms with Crippen molar-refractivity contribution in [3.8, 4) is 11.1 Å². The molecule has 5 rings (SSSR count). The van der Waals surface area contributed by atoms with Gasteiger partial charge in [0.05, 0.1) is 10.6 Å². The first kappa shape index (κ1) is 18.0. The molecule has 0 atom stereocenters. The van der Waals surface area contributed by atoms with Gasteiger partial charge in [0.15, 0.2) is 0 Å². The molecule has 2 saturated heterocycles. The number of halogens is 2. The van der Waals surface area contributed by atoms with Crippen LogP contribution in [0.2, 0.25) is 10.0 Å². The van der Waals surface area contributed by atoms with Crippen molar-refractivity contribution in [1.29, 1.82) is 0 Å². The maximum absolute atomic E-state index is 13.0. The number of hydrogen-bond donors (Lipinski definition) is 1. The Bertz CT molecular complexity index is 1120. The Hall–Kier alpha value is -2.08. The Morgan fingerprint density at radius 3 is 2.46 bits per heavy atom. The van der Waals surface area contributed by atoms with Gasteiger partial charge in [-0.2, -0.15) is 0 Å². The summed E-state index contributed by atoms with van der Waals surface area (Å²) in [5, 5.41) is 5.09. The Morgan fingerprint density at radius 1 is 1.07 bits per heavy atom. The zero-order valence-electron chi connectivity index (χ0n) is 14.8. The molecule has 1 spiro atoms. The topological polar surface area (TPSA) is 49.4 Å². The second kappa shape index (κ2) is 6.48. The van der Waals surface area contributed by atoms with Crippen LogP contribution in [0.15, 0.2) is 42.5 Å². The third-order valence-electron chi connectivity index (χ3n) is 5.51. The fourth-order valence-corrected chi connectivity index (χ4v) is 5.65. The van der Waals surface area contributed by atoms with Gasteiger partial charge in [0.1, 0.15) is 4.88 Å². The molecule has 0 bridgehead atoms. The van der Waals surface area contributed by atoms with E-state index in [0.717, 1.165) is 27.6 Å². The third kappa shape index (κ3) is 2.89. The predicted molar refractivity (Wildman–Crippen MR) is 113 cm³/mol. The fraction of sp³-hybridized carbons (Fsp3) is 0.238. The Balaban J connectivity index is 1.42. The summed E-state index contributed by atoms with van der Waals surface area (Å²) in [6.07, 6.45) is 1.33. The molecule has 28 heavy (non-hydrogen) atoms. The minimum absolute atomic E-state index is 0.0639. The zero-order chi connectivity index (χ0) is 19.5. The molecule has 0 radical (unpaired) electrons. The van der Waals surface area contributed by atoms with Crippen LogP contribution in [0.1, 0.15) is 22.5 Å². The van der Waals surface area contributed by atoms with Gasteiger partial charge in [-0.1, -0.05) is 47.5 Å². The summed E-state index contributed by atoms with van der Waals surface area (Å²) in [6.45, 7) is 1.11. The second-order valence-corrected chi connectivity index (χ2v) is 9.32. The lowest BCUT2D eigenvalue weighted by molar-refractivity contribution is -0.120. The largest absolute Gasteiger partial charge is 0.347 e. The second-order valence-electron chi connectivity index (χ2n) is 7.45. The summed E-state index contributed by atoms with van der Waals surface area (Å²) in [4.78, 5) is 26.8. The van der Waals surface area contributed by atoms with Crippen LogP contribution in [0.3, 0.4) is 0 Å². The maximum atomic E-state index is 13.0. The first-order valence-electron chi connectivity index (χ1n) is 9.02. The van der Waals surface area contributed by atoms with Crippen LogP contribution in [0.25, 0.3) is 21.2 Å². The van der Waals surface area contributed by atoms with E-state index in [1.54, 1.807) is 4.90 Å². The van der Waals surface area contributed by atoms with Crippen LogP contribution < -0.4 is 5.32 Å². The lowest BCUT2D eigenvalue weighted by Gasteiger charge is -2.47. The molecule has 0 saturated carbocycles. The van der Waals surface area contributed by atoms with Crippen LogP contribution in [0, 0.1) is 0 Å². The quantitative estimate of drug-likeness (QED) is 0.622. The Morgan fingerprint density at radius 2 is 1.79 bits per heavy atom. The van der Waals surface area contributed by atoms with E-state index in [2.05, 4.69) is 11.4 Å². The smallest absolute Gasteiger partial charge is 0.265 e. The minimum atomic E-state index is -0.225. The van der Waals surface area contributed by atoms with Crippen molar-refractivity contribution in [3.05, 3.63) is 57.4 Å². The van der Waals surface area contributed by atoms with Crippen molar-refractivity contribution >= 4 is 56.4 Å². The molecule has 2 aliphatic rings. The first-order valence-corrected chi connectivity index (χ1v) is 10.6. The molecule has 2 aromatic carbocycles. The number of hydrogen-bond acceptors (Lipinski definition) is 3. The van der Waals surface area contributed by atoms with Crippen molar-refractivity contribution in [1.82, 2.24) is 10.2 Å². The van der Waals surface area contributed by atoms with Crippen LogP contribution in [-0.4, -0.2) is 35.3 Å². The average Bonchev–Trinajstić information content (AvgIpc) is 3.21. The molecule has 3 aromatic rings. The third-order valence-corrected chi connectivity index (χ3v) is 7.41. The molecule has 0 aliphatic carbocycles. The summed E-state index contributed by atoms with van der Waals surface area (Å²) < 4.78 is 0.977. The van der Waals surface area contributed by atoms with E-state index in [9.17, 15) is 9.59 Å². The van der Waals surface area contributed by atoms with Gasteiger partial charge in [-0.05, 0) is 35.7 Å². The Kier molecular flexibility index (Phi) is 4.16. The normalized spacial score (nSPS) is 17.8. The molecule has 2 aliphatic heterocycles. The number of carbonyl (C=O) groups excluding carboxylic acids is 2.